The maximum atomic E-state index is 14.5. The van der Waals surface area contributed by atoms with Crippen LogP contribution in [0.15, 0.2) is 159 Å². The fourth-order valence-electron chi connectivity index (χ4n) is 11.2. The van der Waals surface area contributed by atoms with Crippen molar-refractivity contribution in [2.45, 2.75) is 140 Å². The van der Waals surface area contributed by atoms with Gasteiger partial charge >= 0.3 is 12.4 Å². The van der Waals surface area contributed by atoms with E-state index in [1.807, 2.05) is 32.6 Å². The van der Waals surface area contributed by atoms with Gasteiger partial charge in [0.15, 0.2) is 10.3 Å². The second kappa shape index (κ2) is 32.9. The van der Waals surface area contributed by atoms with Crippen LogP contribution in [0.3, 0.4) is 0 Å². The number of halogens is 8. The van der Waals surface area contributed by atoms with E-state index < -0.39 is 166 Å². The lowest BCUT2D eigenvalue weighted by Gasteiger charge is -2.33. The van der Waals surface area contributed by atoms with E-state index in [0.717, 1.165) is 47.5 Å². The zero-order chi connectivity index (χ0) is 81.1. The highest BCUT2D eigenvalue weighted by atomic mass is 32.2. The summed E-state index contributed by atoms with van der Waals surface area (Å²) in [6, 6.07) is 5.58. The number of fused-ring (bicyclic) bond motifs is 2. The summed E-state index contributed by atoms with van der Waals surface area (Å²) >= 11 is 2.08. The third-order valence-corrected chi connectivity index (χ3v) is 18.6. The number of hydrogen-bond acceptors (Lipinski definition) is 10. The summed E-state index contributed by atoms with van der Waals surface area (Å²) in [6.07, 6.45) is -6.48. The molecule has 0 N–H and O–H groups in total. The number of alkyl halides is 6. The molecule has 0 bridgehead atoms. The number of nitrogens with zero attached hydrogens (tertiary/aromatic N) is 8. The van der Waals surface area contributed by atoms with Crippen LogP contribution < -0.4 is 11.1 Å². The van der Waals surface area contributed by atoms with Gasteiger partial charge in [-0.15, -0.1) is 0 Å². The Morgan fingerprint density at radius 1 is 0.573 bits per heavy atom. The van der Waals surface area contributed by atoms with Crippen molar-refractivity contribution in [3.63, 3.8) is 0 Å². The third kappa shape index (κ3) is 18.6. The van der Waals surface area contributed by atoms with E-state index in [1.165, 1.54) is 33.7 Å². The number of benzene rings is 6. The molecular formula is C74H80F8N8O4S2. The maximum absolute atomic E-state index is 14.5. The standard InChI is InChI=1S/2C37H40F4N4O2S/c1-4-43(5-2)21-22-44(25(3)27-11-13-28(14-12-27)29-15-17-30(18-16-29)37(39,40)41)34(46)23-45-33-8-6-7-32(33)35(47)42-36(45)48-24-26-9-19-31(38)20-10-26;1-4-43(5-2)19-20-44(22-26-9-13-28(14-10-26)29-15-18-32(25(3)21-29)37(39,40)41)34(46)23-45-33-8-6-7-31(33)35(47)42-36(45)48-24-27-11-16-30(38)17-12-27/h9-20,25H,4-8,21-24H2,1-3H3;9-18,21H,4-8,19-20,22-24H2,1-3H3/i9D,10D,19D,20D,25D;9D,10D,13D,14D,15D,18D,21D,22D2. The molecule has 508 valence electrons. The van der Waals surface area contributed by atoms with Crippen molar-refractivity contribution < 1.29 is 63.9 Å². The van der Waals surface area contributed by atoms with E-state index in [1.54, 1.807) is 47.9 Å². The summed E-state index contributed by atoms with van der Waals surface area (Å²) < 4.78 is 233. The van der Waals surface area contributed by atoms with Gasteiger partial charge in [0.1, 0.15) is 24.7 Å². The topological polar surface area (TPSA) is 117 Å². The molecule has 0 spiro atoms. The molecule has 0 radical (unpaired) electrons. The van der Waals surface area contributed by atoms with Gasteiger partial charge in [-0.05, 0) is 171 Å². The molecule has 2 aromatic heterocycles. The molecule has 8 aromatic rings. The molecule has 12 nitrogen and oxygen atoms in total. The summed E-state index contributed by atoms with van der Waals surface area (Å²) in [7, 11) is 0. The predicted octanol–water partition coefficient (Wildman–Crippen LogP) is 15.3. The molecule has 1 atom stereocenters. The highest BCUT2D eigenvalue weighted by Gasteiger charge is 2.34. The van der Waals surface area contributed by atoms with Crippen LogP contribution in [0.25, 0.3) is 22.3 Å². The van der Waals surface area contributed by atoms with Gasteiger partial charge in [0.2, 0.25) is 11.8 Å². The van der Waals surface area contributed by atoms with Gasteiger partial charge in [0.25, 0.3) is 11.1 Å². The minimum Gasteiger partial charge on any atom is -0.336 e. The Labute approximate surface area is 583 Å². The number of carbonyl (C=O) groups is 2. The lowest BCUT2D eigenvalue weighted by molar-refractivity contribution is -0.138. The van der Waals surface area contributed by atoms with Crippen LogP contribution in [0.1, 0.15) is 134 Å². The number of amides is 2. The van der Waals surface area contributed by atoms with Gasteiger partial charge in [0.05, 0.1) is 36.3 Å². The molecule has 6 aromatic carbocycles. The number of likely N-dealkylation sites (N-methyl/N-ethyl adjacent to an activating group) is 2. The number of thioether (sulfide) groups is 2. The average molecular weight is 1380 g/mol. The van der Waals surface area contributed by atoms with Crippen molar-refractivity contribution in [2.24, 2.45) is 0 Å². The number of aromatic nitrogens is 4. The van der Waals surface area contributed by atoms with Gasteiger partial charge in [-0.25, -0.2) is 8.78 Å². The monoisotopic (exact) mass is 1370 g/mol. The van der Waals surface area contributed by atoms with Crippen molar-refractivity contribution in [1.29, 1.82) is 0 Å². The highest BCUT2D eigenvalue weighted by molar-refractivity contribution is 7.98. The summed E-state index contributed by atoms with van der Waals surface area (Å²) in [6.45, 7) is 9.29. The summed E-state index contributed by atoms with van der Waals surface area (Å²) in [5.74, 6) is -2.91. The molecule has 96 heavy (non-hydrogen) atoms. The van der Waals surface area contributed by atoms with Crippen molar-refractivity contribution in [1.82, 2.24) is 38.7 Å². The molecule has 1 unspecified atom stereocenters. The highest BCUT2D eigenvalue weighted by Crippen LogP contribution is 2.36. The lowest BCUT2D eigenvalue weighted by Crippen LogP contribution is -2.42. The van der Waals surface area contributed by atoms with Gasteiger partial charge in [0, 0.05) is 66.7 Å². The molecule has 2 aliphatic rings. The Morgan fingerprint density at radius 2 is 1.06 bits per heavy atom. The Bertz CT molecular complexity index is 4830. The second-order valence-electron chi connectivity index (χ2n) is 22.6. The van der Waals surface area contributed by atoms with E-state index in [-0.39, 0.29) is 53.6 Å². The molecule has 2 amide bonds. The third-order valence-electron chi connectivity index (χ3n) is 16.6. The molecule has 0 saturated heterocycles. The first-order valence-corrected chi connectivity index (χ1v) is 33.3. The normalized spacial score (nSPS) is 15.7. The summed E-state index contributed by atoms with van der Waals surface area (Å²) in [4.78, 5) is 69.9. The zero-order valence-corrected chi connectivity index (χ0v) is 55.3. The second-order valence-corrected chi connectivity index (χ2v) is 24.5. The van der Waals surface area contributed by atoms with Crippen molar-refractivity contribution in [3.8, 4) is 22.3 Å². The van der Waals surface area contributed by atoms with Crippen molar-refractivity contribution in [2.75, 3.05) is 52.4 Å². The summed E-state index contributed by atoms with van der Waals surface area (Å²) in [5, 5.41) is 0.288. The van der Waals surface area contributed by atoms with Crippen LogP contribution in [-0.4, -0.2) is 103 Å². The number of rotatable bonds is 26. The van der Waals surface area contributed by atoms with E-state index in [4.69, 9.17) is 15.1 Å². The molecule has 22 heteroatoms. The van der Waals surface area contributed by atoms with Crippen LogP contribution in [0, 0.1) is 18.6 Å². The fraction of sp³-hybridized carbons (Fsp3) is 0.378. The first-order chi connectivity index (χ1) is 51.6. The number of hydrogen-bond donors (Lipinski definition) is 0. The molecule has 0 saturated carbocycles. The van der Waals surface area contributed by atoms with E-state index in [9.17, 15) is 58.4 Å². The largest absolute Gasteiger partial charge is 0.416 e. The Kier molecular flexibility index (Phi) is 18.9. The fourth-order valence-corrected chi connectivity index (χ4v) is 13.0. The SMILES string of the molecule is [2H]c1c([2H])c(C([2H])([2H])N(CCN(CC)CC)C(=O)Cn2c(SCc3ccc(F)cc3)nc(=O)c3c2CCC3)c([2H])c([2H])c1-c1c([2H])c([2H])c(C(F)(F)F)c(C)c1[2H].[2H]c1c([2H])c(CSc2nc(=O)c3c(n2CC(=O)N(CCN(CC)CC)C([2H])(C)c2ccc(-c4ccc(C(F)(F)F)cc4)cc2)CCC3)c([2H])c([2H])c1F. The van der Waals surface area contributed by atoms with Gasteiger partial charge in [-0.1, -0.05) is 148 Å². The van der Waals surface area contributed by atoms with Crippen LogP contribution in [0.5, 0.6) is 0 Å². The van der Waals surface area contributed by atoms with E-state index in [2.05, 4.69) is 14.9 Å². The molecule has 0 fully saturated rings. The van der Waals surface area contributed by atoms with E-state index in [0.29, 0.717) is 116 Å². The van der Waals surface area contributed by atoms with Crippen molar-refractivity contribution >= 4 is 35.3 Å². The molecule has 2 heterocycles. The van der Waals surface area contributed by atoms with Gasteiger partial charge in [-0.2, -0.15) is 36.3 Å². The predicted molar refractivity (Wildman–Crippen MR) is 363 cm³/mol. The van der Waals surface area contributed by atoms with Crippen molar-refractivity contribution in [3.05, 3.63) is 233 Å². The molecule has 2 aliphatic carbocycles. The first-order valence-electron chi connectivity index (χ1n) is 38.3. The lowest BCUT2D eigenvalue weighted by atomic mass is 9.98. The Morgan fingerprint density at radius 3 is 1.58 bits per heavy atom. The summed E-state index contributed by atoms with van der Waals surface area (Å²) in [5.41, 5.74) is -2.01. The minimum absolute atomic E-state index is 0.0710. The van der Waals surface area contributed by atoms with Crippen LogP contribution in [0.4, 0.5) is 35.1 Å². The first kappa shape index (κ1) is 55.1. The average Bonchev–Trinajstić information content (AvgIpc) is 0.965. The zero-order valence-electron chi connectivity index (χ0n) is 67.7. The van der Waals surface area contributed by atoms with Gasteiger partial charge in [-0.3, -0.25) is 19.2 Å². The quantitative estimate of drug-likeness (QED) is 0.0295. The van der Waals surface area contributed by atoms with E-state index >= 15 is 0 Å². The molecule has 0 aliphatic heterocycles. The van der Waals surface area contributed by atoms with Crippen LogP contribution >= 0.6 is 23.5 Å². The maximum Gasteiger partial charge on any atom is 0.416 e. The Hall–Kier alpha value is -7.92. The van der Waals surface area contributed by atoms with Gasteiger partial charge < -0.3 is 28.7 Å². The van der Waals surface area contributed by atoms with Crippen LogP contribution in [-0.2, 0) is 78.7 Å². The Balaban J connectivity index is 0.000000254. The van der Waals surface area contributed by atoms with Crippen LogP contribution in [0.2, 0.25) is 0 Å². The number of carbonyl (C=O) groups excluding carboxylic acids is 2. The minimum atomic E-state index is -5.10. The smallest absolute Gasteiger partial charge is 0.336 e. The molecule has 10 rings (SSSR count). The molecular weight excluding hydrogens is 1280 g/mol.